The molecular weight excluding hydrogens is 273 g/mol. The minimum absolute atomic E-state index is 0.255. The molecule has 0 saturated heterocycles. The highest BCUT2D eigenvalue weighted by Gasteiger charge is 2.37. The summed E-state index contributed by atoms with van der Waals surface area (Å²) in [6.45, 7) is 3.50. The van der Waals surface area contributed by atoms with Gasteiger partial charge in [-0.3, -0.25) is 4.79 Å². The van der Waals surface area contributed by atoms with Gasteiger partial charge in [-0.25, -0.2) is 0 Å². The van der Waals surface area contributed by atoms with Gasteiger partial charge in [0.05, 0.1) is 18.8 Å². The number of amides is 1. The molecule has 0 aliphatic carbocycles. The Hall–Kier alpha value is -1.50. The van der Waals surface area contributed by atoms with Gasteiger partial charge in [-0.2, -0.15) is 13.2 Å². The lowest BCUT2D eigenvalue weighted by Crippen LogP contribution is -2.52. The third kappa shape index (κ3) is 4.88. The number of alkyl halides is 3. The predicted octanol–water partition coefficient (Wildman–Crippen LogP) is 2.54. The average Bonchev–Trinajstić information content (AvgIpc) is 2.75. The second-order valence-electron chi connectivity index (χ2n) is 5.73. The number of nitrogens with zero attached hydrogens (tertiary/aromatic N) is 1. The van der Waals surface area contributed by atoms with Gasteiger partial charge < -0.3 is 15.1 Å². The van der Waals surface area contributed by atoms with E-state index in [9.17, 15) is 18.0 Å². The number of furan rings is 1. The van der Waals surface area contributed by atoms with Crippen molar-refractivity contribution in [2.75, 3.05) is 6.54 Å². The molecule has 2 N–H and O–H groups in total. The average molecular weight is 292 g/mol. The maximum absolute atomic E-state index is 12.6. The number of carbonyl (C=O) groups is 1. The number of nitrogens with two attached hydrogens (primary N) is 1. The second-order valence-corrected chi connectivity index (χ2v) is 5.73. The lowest BCUT2D eigenvalue weighted by Gasteiger charge is -2.32. The van der Waals surface area contributed by atoms with Crippen LogP contribution >= 0.6 is 0 Å². The molecule has 7 heteroatoms. The molecule has 0 saturated carbocycles. The third-order valence-electron chi connectivity index (χ3n) is 2.81. The van der Waals surface area contributed by atoms with E-state index in [0.29, 0.717) is 4.90 Å². The molecular formula is C13H19F3N2O2. The molecule has 1 heterocycles. The van der Waals surface area contributed by atoms with E-state index in [4.69, 9.17) is 10.2 Å². The normalized spacial score (nSPS) is 14.2. The maximum Gasteiger partial charge on any atom is 0.406 e. The molecule has 0 fully saturated rings. The second kappa shape index (κ2) is 5.87. The lowest BCUT2D eigenvalue weighted by molar-refractivity contribution is -0.165. The molecule has 4 nitrogen and oxygen atoms in total. The van der Waals surface area contributed by atoms with E-state index in [1.54, 1.807) is 26.8 Å². The van der Waals surface area contributed by atoms with Crippen LogP contribution < -0.4 is 5.73 Å². The van der Waals surface area contributed by atoms with Gasteiger partial charge >= 0.3 is 6.18 Å². The molecule has 0 spiro atoms. The van der Waals surface area contributed by atoms with Gasteiger partial charge in [0, 0.05) is 0 Å². The predicted molar refractivity (Wildman–Crippen MR) is 67.6 cm³/mol. The molecule has 1 aromatic heterocycles. The molecule has 1 amide bonds. The van der Waals surface area contributed by atoms with Gasteiger partial charge in [-0.05, 0) is 17.5 Å². The quantitative estimate of drug-likeness (QED) is 0.927. The van der Waals surface area contributed by atoms with Gasteiger partial charge in [-0.1, -0.05) is 20.8 Å². The van der Waals surface area contributed by atoms with Crippen LogP contribution in [0, 0.1) is 5.41 Å². The summed E-state index contributed by atoms with van der Waals surface area (Å²) in [5.41, 5.74) is 5.13. The largest absolute Gasteiger partial charge is 0.467 e. The van der Waals surface area contributed by atoms with Crippen LogP contribution in [-0.2, 0) is 11.3 Å². The summed E-state index contributed by atoms with van der Waals surface area (Å²) in [6.07, 6.45) is -3.14. The van der Waals surface area contributed by atoms with E-state index in [1.807, 2.05) is 0 Å². The summed E-state index contributed by atoms with van der Waals surface area (Å²) < 4.78 is 42.8. The van der Waals surface area contributed by atoms with Crippen molar-refractivity contribution in [3.63, 3.8) is 0 Å². The first-order chi connectivity index (χ1) is 9.00. The number of hydrogen-bond donors (Lipinski definition) is 1. The van der Waals surface area contributed by atoms with Crippen molar-refractivity contribution in [1.29, 1.82) is 0 Å². The van der Waals surface area contributed by atoms with Crippen LogP contribution in [-0.4, -0.2) is 29.6 Å². The fraction of sp³-hybridized carbons (Fsp3) is 0.615. The highest BCUT2D eigenvalue weighted by atomic mass is 19.4. The molecule has 1 rings (SSSR count). The molecule has 0 unspecified atom stereocenters. The van der Waals surface area contributed by atoms with E-state index < -0.39 is 30.1 Å². The zero-order valence-corrected chi connectivity index (χ0v) is 11.7. The lowest BCUT2D eigenvalue weighted by atomic mass is 9.86. The highest BCUT2D eigenvalue weighted by molar-refractivity contribution is 5.82. The Labute approximate surface area is 115 Å². The SMILES string of the molecule is CC(C)(C)[C@@H](N)C(=O)N(Cc1ccco1)CC(F)(F)F. The molecule has 0 aliphatic heterocycles. The third-order valence-corrected chi connectivity index (χ3v) is 2.81. The first-order valence-corrected chi connectivity index (χ1v) is 6.14. The highest BCUT2D eigenvalue weighted by Crippen LogP contribution is 2.23. The molecule has 1 atom stereocenters. The summed E-state index contributed by atoms with van der Waals surface area (Å²) in [4.78, 5) is 12.8. The van der Waals surface area contributed by atoms with E-state index in [1.165, 1.54) is 12.3 Å². The van der Waals surface area contributed by atoms with Crippen LogP contribution in [0.5, 0.6) is 0 Å². The summed E-state index contributed by atoms with van der Waals surface area (Å²) in [5, 5.41) is 0. The van der Waals surface area contributed by atoms with Crippen LogP contribution in [0.25, 0.3) is 0 Å². The molecule has 114 valence electrons. The Morgan fingerprint density at radius 1 is 1.40 bits per heavy atom. The molecule has 0 aromatic carbocycles. The van der Waals surface area contributed by atoms with Crippen molar-refractivity contribution in [2.45, 2.75) is 39.5 Å². The van der Waals surface area contributed by atoms with Crippen LogP contribution in [0.2, 0.25) is 0 Å². The number of halogens is 3. The fourth-order valence-corrected chi connectivity index (χ4v) is 1.59. The maximum atomic E-state index is 12.6. The van der Waals surface area contributed by atoms with Crippen molar-refractivity contribution in [2.24, 2.45) is 11.1 Å². The summed E-state index contributed by atoms with van der Waals surface area (Å²) in [6, 6.07) is 2.05. The Bertz CT molecular complexity index is 435. The van der Waals surface area contributed by atoms with Gasteiger partial charge in [0.15, 0.2) is 0 Å². The standard InChI is InChI=1S/C13H19F3N2O2/c1-12(2,3)10(17)11(19)18(8-13(14,15)16)7-9-5-4-6-20-9/h4-6,10H,7-8,17H2,1-3H3/t10-/m0/s1. The summed E-state index contributed by atoms with van der Waals surface area (Å²) in [7, 11) is 0. The number of hydrogen-bond acceptors (Lipinski definition) is 3. The fourth-order valence-electron chi connectivity index (χ4n) is 1.59. The van der Waals surface area contributed by atoms with Crippen molar-refractivity contribution >= 4 is 5.91 Å². The first kappa shape index (κ1) is 16.6. The van der Waals surface area contributed by atoms with Gasteiger partial charge in [-0.15, -0.1) is 0 Å². The van der Waals surface area contributed by atoms with Crippen LogP contribution in [0.4, 0.5) is 13.2 Å². The van der Waals surface area contributed by atoms with E-state index in [2.05, 4.69) is 0 Å². The molecule has 20 heavy (non-hydrogen) atoms. The van der Waals surface area contributed by atoms with Gasteiger partial charge in [0.25, 0.3) is 0 Å². The van der Waals surface area contributed by atoms with Crippen LogP contribution in [0.15, 0.2) is 22.8 Å². The minimum atomic E-state index is -4.49. The van der Waals surface area contributed by atoms with Crippen molar-refractivity contribution in [3.05, 3.63) is 24.2 Å². The Morgan fingerprint density at radius 3 is 2.40 bits per heavy atom. The minimum Gasteiger partial charge on any atom is -0.467 e. The monoisotopic (exact) mass is 292 g/mol. The molecule has 0 bridgehead atoms. The van der Waals surface area contributed by atoms with E-state index in [-0.39, 0.29) is 12.3 Å². The molecule has 0 radical (unpaired) electrons. The van der Waals surface area contributed by atoms with Gasteiger partial charge in [0.1, 0.15) is 12.3 Å². The van der Waals surface area contributed by atoms with Gasteiger partial charge in [0.2, 0.25) is 5.91 Å². The van der Waals surface area contributed by atoms with Crippen LogP contribution in [0.3, 0.4) is 0 Å². The smallest absolute Gasteiger partial charge is 0.406 e. The number of carbonyl (C=O) groups excluding carboxylic acids is 1. The van der Waals surface area contributed by atoms with Crippen molar-refractivity contribution in [3.8, 4) is 0 Å². The van der Waals surface area contributed by atoms with Crippen molar-refractivity contribution in [1.82, 2.24) is 4.90 Å². The Kier molecular flexibility index (Phi) is 4.86. The summed E-state index contributed by atoms with van der Waals surface area (Å²) in [5.74, 6) is -0.463. The molecule has 0 aliphatic rings. The Morgan fingerprint density at radius 2 is 2.00 bits per heavy atom. The Balaban J connectivity index is 2.89. The van der Waals surface area contributed by atoms with E-state index in [0.717, 1.165) is 0 Å². The van der Waals surface area contributed by atoms with Crippen molar-refractivity contribution < 1.29 is 22.4 Å². The zero-order valence-electron chi connectivity index (χ0n) is 11.7. The van der Waals surface area contributed by atoms with Crippen LogP contribution in [0.1, 0.15) is 26.5 Å². The topological polar surface area (TPSA) is 59.5 Å². The van der Waals surface area contributed by atoms with E-state index >= 15 is 0 Å². The first-order valence-electron chi connectivity index (χ1n) is 6.14. The molecule has 1 aromatic rings. The summed E-state index contributed by atoms with van der Waals surface area (Å²) >= 11 is 0. The zero-order chi connectivity index (χ0) is 15.6. The number of rotatable bonds is 4.